The van der Waals surface area contributed by atoms with Crippen molar-refractivity contribution < 1.29 is 14.3 Å². The zero-order chi connectivity index (χ0) is 18.4. The Morgan fingerprint density at radius 1 is 1.00 bits per heavy atom. The van der Waals surface area contributed by atoms with Crippen molar-refractivity contribution >= 4 is 24.6 Å². The largest absolute Gasteiger partial charge is 0.496 e. The summed E-state index contributed by atoms with van der Waals surface area (Å²) in [5.41, 5.74) is 1.03. The SMILES string of the molecule is COC(=O)N1CCCCC=C1P(c1ccccc1)c1ccccc1OC. The second-order valence-corrected chi connectivity index (χ2v) is 8.15. The first-order valence-corrected chi connectivity index (χ1v) is 10.1. The van der Waals surface area contributed by atoms with E-state index in [4.69, 9.17) is 9.47 Å². The maximum absolute atomic E-state index is 12.5. The number of benzene rings is 2. The molecule has 136 valence electrons. The fourth-order valence-corrected chi connectivity index (χ4v) is 5.78. The fourth-order valence-electron chi connectivity index (χ4n) is 3.16. The van der Waals surface area contributed by atoms with Crippen molar-refractivity contribution in [3.63, 3.8) is 0 Å². The average Bonchev–Trinajstić information content (AvgIpc) is 2.95. The summed E-state index contributed by atoms with van der Waals surface area (Å²) < 4.78 is 10.7. The van der Waals surface area contributed by atoms with Crippen LogP contribution in [0.2, 0.25) is 0 Å². The van der Waals surface area contributed by atoms with Crippen LogP contribution in [0.3, 0.4) is 0 Å². The van der Waals surface area contributed by atoms with Crippen LogP contribution in [0.4, 0.5) is 4.79 Å². The summed E-state index contributed by atoms with van der Waals surface area (Å²) in [6.07, 6.45) is 4.91. The molecule has 0 aliphatic carbocycles. The number of ether oxygens (including phenoxy) is 2. The van der Waals surface area contributed by atoms with Crippen LogP contribution in [-0.4, -0.2) is 31.8 Å². The van der Waals surface area contributed by atoms with E-state index in [0.717, 1.165) is 35.8 Å². The van der Waals surface area contributed by atoms with Crippen molar-refractivity contribution in [3.8, 4) is 5.75 Å². The van der Waals surface area contributed by atoms with Gasteiger partial charge in [-0.3, -0.25) is 4.90 Å². The van der Waals surface area contributed by atoms with E-state index in [9.17, 15) is 4.79 Å². The van der Waals surface area contributed by atoms with Gasteiger partial charge in [-0.05, 0) is 30.6 Å². The Balaban J connectivity index is 2.16. The third-order valence-electron chi connectivity index (χ3n) is 4.40. The predicted octanol–water partition coefficient (Wildman–Crippen LogP) is 4.22. The molecule has 0 saturated heterocycles. The zero-order valence-electron chi connectivity index (χ0n) is 15.2. The quantitative estimate of drug-likeness (QED) is 0.758. The molecule has 2 aromatic rings. The number of hydrogen-bond acceptors (Lipinski definition) is 3. The summed E-state index contributed by atoms with van der Waals surface area (Å²) in [5.74, 6) is 0.845. The summed E-state index contributed by atoms with van der Waals surface area (Å²) in [5, 5.41) is 2.30. The van der Waals surface area contributed by atoms with Crippen LogP contribution in [0.25, 0.3) is 0 Å². The summed E-state index contributed by atoms with van der Waals surface area (Å²) in [4.78, 5) is 14.3. The first-order chi connectivity index (χ1) is 12.8. The molecule has 0 saturated carbocycles. The molecule has 1 unspecified atom stereocenters. The minimum Gasteiger partial charge on any atom is -0.496 e. The summed E-state index contributed by atoms with van der Waals surface area (Å²) in [6.45, 7) is 0.680. The van der Waals surface area contributed by atoms with Gasteiger partial charge in [0.25, 0.3) is 0 Å². The molecule has 0 radical (unpaired) electrons. The van der Waals surface area contributed by atoms with Gasteiger partial charge in [-0.25, -0.2) is 4.79 Å². The van der Waals surface area contributed by atoms with Gasteiger partial charge in [0.2, 0.25) is 0 Å². The van der Waals surface area contributed by atoms with Crippen LogP contribution in [0.15, 0.2) is 66.1 Å². The first kappa shape index (κ1) is 18.5. The van der Waals surface area contributed by atoms with E-state index < -0.39 is 7.92 Å². The van der Waals surface area contributed by atoms with Crippen molar-refractivity contribution in [3.05, 3.63) is 66.1 Å². The van der Waals surface area contributed by atoms with Crippen LogP contribution >= 0.6 is 7.92 Å². The van der Waals surface area contributed by atoms with Crippen molar-refractivity contribution in [1.29, 1.82) is 0 Å². The van der Waals surface area contributed by atoms with E-state index in [1.54, 1.807) is 12.0 Å². The van der Waals surface area contributed by atoms with E-state index in [2.05, 4.69) is 24.3 Å². The lowest BCUT2D eigenvalue weighted by molar-refractivity contribution is 0.138. The summed E-state index contributed by atoms with van der Waals surface area (Å²) in [6, 6.07) is 18.4. The molecular weight excluding hydrogens is 345 g/mol. The molecular formula is C21H24NO3P. The molecule has 1 heterocycles. The lowest BCUT2D eigenvalue weighted by Crippen LogP contribution is -2.33. The Labute approximate surface area is 156 Å². The van der Waals surface area contributed by atoms with Gasteiger partial charge in [0.15, 0.2) is 0 Å². The minimum atomic E-state index is -0.929. The number of nitrogens with zero attached hydrogens (tertiary/aromatic N) is 1. The van der Waals surface area contributed by atoms with Gasteiger partial charge in [0, 0.05) is 19.8 Å². The van der Waals surface area contributed by atoms with E-state index in [1.165, 1.54) is 12.4 Å². The molecule has 2 aromatic carbocycles. The number of rotatable bonds is 4. The molecule has 4 nitrogen and oxygen atoms in total. The van der Waals surface area contributed by atoms with Gasteiger partial charge in [-0.2, -0.15) is 0 Å². The maximum atomic E-state index is 12.5. The molecule has 0 aromatic heterocycles. The molecule has 1 atom stereocenters. The zero-order valence-corrected chi connectivity index (χ0v) is 16.1. The molecule has 3 rings (SSSR count). The Morgan fingerprint density at radius 3 is 2.46 bits per heavy atom. The molecule has 0 N–H and O–H groups in total. The van der Waals surface area contributed by atoms with Crippen molar-refractivity contribution in [2.45, 2.75) is 19.3 Å². The van der Waals surface area contributed by atoms with Gasteiger partial charge in [0.05, 0.1) is 19.7 Å². The van der Waals surface area contributed by atoms with Crippen molar-refractivity contribution in [2.24, 2.45) is 0 Å². The highest BCUT2D eigenvalue weighted by Gasteiger charge is 2.30. The number of methoxy groups -OCH3 is 2. The topological polar surface area (TPSA) is 38.8 Å². The molecule has 0 fully saturated rings. The third kappa shape index (κ3) is 3.91. The van der Waals surface area contributed by atoms with Gasteiger partial charge in [-0.1, -0.05) is 54.6 Å². The molecule has 5 heteroatoms. The fraction of sp³-hybridized carbons (Fsp3) is 0.286. The molecule has 1 aliphatic rings. The summed E-state index contributed by atoms with van der Waals surface area (Å²) in [7, 11) is 2.21. The van der Waals surface area contributed by atoms with E-state index in [0.29, 0.717) is 6.54 Å². The Kier molecular flexibility index (Phi) is 6.30. The van der Waals surface area contributed by atoms with E-state index >= 15 is 0 Å². The van der Waals surface area contributed by atoms with E-state index in [1.807, 2.05) is 36.4 Å². The highest BCUT2D eigenvalue weighted by atomic mass is 31.1. The van der Waals surface area contributed by atoms with Gasteiger partial charge in [-0.15, -0.1) is 0 Å². The standard InChI is InChI=1S/C21H24NO3P/c1-24-18-13-8-9-14-19(18)26(17-11-5-3-6-12-17)20-15-7-4-10-16-22(20)21(23)25-2/h3,5-6,8-9,11-15H,4,7,10,16H2,1-2H3. The molecule has 1 amide bonds. The normalized spacial score (nSPS) is 15.6. The Morgan fingerprint density at radius 2 is 1.73 bits per heavy atom. The number of carbonyl (C=O) groups excluding carboxylic acids is 1. The number of hydrogen-bond donors (Lipinski definition) is 0. The van der Waals surface area contributed by atoms with Gasteiger partial charge < -0.3 is 9.47 Å². The first-order valence-electron chi connectivity index (χ1n) is 8.80. The van der Waals surface area contributed by atoms with Crippen LogP contribution < -0.4 is 15.3 Å². The number of allylic oxidation sites excluding steroid dienone is 1. The molecule has 26 heavy (non-hydrogen) atoms. The smallest absolute Gasteiger partial charge is 0.414 e. The number of amides is 1. The summed E-state index contributed by atoms with van der Waals surface area (Å²) >= 11 is 0. The molecule has 0 spiro atoms. The maximum Gasteiger partial charge on any atom is 0.414 e. The van der Waals surface area contributed by atoms with Crippen LogP contribution in [0.1, 0.15) is 19.3 Å². The number of para-hydroxylation sites is 1. The van der Waals surface area contributed by atoms with Crippen molar-refractivity contribution in [2.75, 3.05) is 20.8 Å². The average molecular weight is 369 g/mol. The third-order valence-corrected chi connectivity index (χ3v) is 6.95. The van der Waals surface area contributed by atoms with Gasteiger partial charge >= 0.3 is 6.09 Å². The van der Waals surface area contributed by atoms with Crippen LogP contribution in [0, 0.1) is 0 Å². The highest BCUT2D eigenvalue weighted by Crippen LogP contribution is 2.48. The minimum absolute atomic E-state index is 0.295. The lowest BCUT2D eigenvalue weighted by Gasteiger charge is -2.30. The second-order valence-electron chi connectivity index (χ2n) is 6.02. The lowest BCUT2D eigenvalue weighted by atomic mass is 10.2. The monoisotopic (exact) mass is 369 g/mol. The highest BCUT2D eigenvalue weighted by molar-refractivity contribution is 7.76. The van der Waals surface area contributed by atoms with Gasteiger partial charge in [0.1, 0.15) is 5.75 Å². The van der Waals surface area contributed by atoms with Crippen LogP contribution in [0.5, 0.6) is 5.75 Å². The Hall–Kier alpha value is -2.32. The van der Waals surface area contributed by atoms with Crippen molar-refractivity contribution in [1.82, 2.24) is 4.90 Å². The number of carbonyl (C=O) groups is 1. The Bertz CT molecular complexity index is 776. The molecule has 1 aliphatic heterocycles. The molecule has 0 bridgehead atoms. The second kappa shape index (κ2) is 8.86. The van der Waals surface area contributed by atoms with Crippen LogP contribution in [-0.2, 0) is 4.74 Å². The predicted molar refractivity (Wildman–Crippen MR) is 107 cm³/mol. The van der Waals surface area contributed by atoms with E-state index in [-0.39, 0.29) is 6.09 Å².